The molecule has 1 heterocycles. The van der Waals surface area contributed by atoms with Gasteiger partial charge in [-0.05, 0) is 67.6 Å². The van der Waals surface area contributed by atoms with Gasteiger partial charge in [0.05, 0.1) is 11.1 Å². The largest absolute Gasteiger partial charge is 0.490 e. The highest BCUT2D eigenvalue weighted by molar-refractivity contribution is 5.93. The Labute approximate surface area is 179 Å². The number of carbonyl (C=O) groups is 1. The monoisotopic (exact) mass is 415 g/mol. The SMILES string of the molecule is CC(COc1ccc(Oc2ccccc2)cc1)Oc1ccc2cc(C(=O)O)ccc2n1. The second-order valence-electron chi connectivity index (χ2n) is 6.99. The number of nitrogens with zero attached hydrogens (tertiary/aromatic N) is 1. The molecule has 1 unspecified atom stereocenters. The molecule has 156 valence electrons. The number of carboxylic acid groups (broad SMARTS) is 1. The van der Waals surface area contributed by atoms with E-state index in [1.54, 1.807) is 24.3 Å². The van der Waals surface area contributed by atoms with E-state index >= 15 is 0 Å². The standard InChI is InChI=1S/C25H21NO5/c1-17(30-24-14-8-18-15-19(25(27)28)7-13-23(18)26-24)16-29-20-9-11-22(12-10-20)31-21-5-3-2-4-6-21/h2-15,17H,16H2,1H3,(H,27,28). The van der Waals surface area contributed by atoms with Gasteiger partial charge in [0.2, 0.25) is 5.88 Å². The van der Waals surface area contributed by atoms with E-state index in [0.717, 1.165) is 16.9 Å². The first-order valence-electron chi connectivity index (χ1n) is 9.83. The molecule has 0 saturated carbocycles. The second-order valence-corrected chi connectivity index (χ2v) is 6.99. The van der Waals surface area contributed by atoms with E-state index < -0.39 is 5.97 Å². The van der Waals surface area contributed by atoms with Crippen LogP contribution in [-0.4, -0.2) is 28.8 Å². The molecule has 0 fully saturated rings. The summed E-state index contributed by atoms with van der Waals surface area (Å²) in [6, 6.07) is 25.3. The Morgan fingerprint density at radius 1 is 0.903 bits per heavy atom. The van der Waals surface area contributed by atoms with Gasteiger partial charge >= 0.3 is 5.97 Å². The van der Waals surface area contributed by atoms with Crippen LogP contribution in [0.5, 0.6) is 23.1 Å². The minimum atomic E-state index is -0.965. The van der Waals surface area contributed by atoms with Crippen LogP contribution in [0.3, 0.4) is 0 Å². The van der Waals surface area contributed by atoms with E-state index in [9.17, 15) is 4.79 Å². The normalized spacial score (nSPS) is 11.6. The number of benzene rings is 3. The molecule has 4 rings (SSSR count). The number of ether oxygens (including phenoxy) is 3. The quantitative estimate of drug-likeness (QED) is 0.405. The highest BCUT2D eigenvalue weighted by Crippen LogP contribution is 2.24. The molecule has 1 aromatic heterocycles. The summed E-state index contributed by atoms with van der Waals surface area (Å²) in [5, 5.41) is 9.83. The maximum absolute atomic E-state index is 11.1. The number of aromatic nitrogens is 1. The van der Waals surface area contributed by atoms with Crippen molar-refractivity contribution < 1.29 is 24.1 Å². The first-order valence-corrected chi connectivity index (χ1v) is 9.83. The van der Waals surface area contributed by atoms with Crippen molar-refractivity contribution in [1.82, 2.24) is 4.98 Å². The van der Waals surface area contributed by atoms with Gasteiger partial charge in [0.15, 0.2) is 0 Å². The maximum Gasteiger partial charge on any atom is 0.335 e. The predicted molar refractivity (Wildman–Crippen MR) is 117 cm³/mol. The van der Waals surface area contributed by atoms with Gasteiger partial charge in [-0.1, -0.05) is 18.2 Å². The molecule has 4 aromatic rings. The van der Waals surface area contributed by atoms with Crippen LogP contribution in [0.2, 0.25) is 0 Å². The Morgan fingerprint density at radius 2 is 1.61 bits per heavy atom. The lowest BCUT2D eigenvalue weighted by molar-refractivity contribution is 0.0697. The van der Waals surface area contributed by atoms with Crippen molar-refractivity contribution in [2.45, 2.75) is 13.0 Å². The second kappa shape index (κ2) is 9.17. The number of pyridine rings is 1. The molecule has 6 heteroatoms. The summed E-state index contributed by atoms with van der Waals surface area (Å²) in [6.45, 7) is 2.24. The number of para-hydroxylation sites is 1. The maximum atomic E-state index is 11.1. The number of aromatic carboxylic acids is 1. The topological polar surface area (TPSA) is 77.9 Å². The fourth-order valence-electron chi connectivity index (χ4n) is 2.99. The van der Waals surface area contributed by atoms with Crippen molar-refractivity contribution in [2.75, 3.05) is 6.61 Å². The van der Waals surface area contributed by atoms with Crippen molar-refractivity contribution in [3.05, 3.63) is 90.5 Å². The van der Waals surface area contributed by atoms with Gasteiger partial charge in [-0.2, -0.15) is 0 Å². The summed E-state index contributed by atoms with van der Waals surface area (Å²) in [7, 11) is 0. The highest BCUT2D eigenvalue weighted by Gasteiger charge is 2.09. The Bertz CT molecular complexity index is 1180. The molecule has 0 radical (unpaired) electrons. The molecule has 0 bridgehead atoms. The molecule has 0 aliphatic heterocycles. The summed E-state index contributed by atoms with van der Waals surface area (Å²) >= 11 is 0. The van der Waals surface area contributed by atoms with Gasteiger partial charge in [-0.15, -0.1) is 0 Å². The van der Waals surface area contributed by atoms with Crippen molar-refractivity contribution in [2.24, 2.45) is 0 Å². The van der Waals surface area contributed by atoms with Crippen LogP contribution in [0.25, 0.3) is 10.9 Å². The molecule has 31 heavy (non-hydrogen) atoms. The molecule has 0 amide bonds. The van der Waals surface area contributed by atoms with Crippen LogP contribution in [-0.2, 0) is 0 Å². The van der Waals surface area contributed by atoms with Gasteiger partial charge in [-0.3, -0.25) is 0 Å². The van der Waals surface area contributed by atoms with Crippen molar-refractivity contribution in [1.29, 1.82) is 0 Å². The summed E-state index contributed by atoms with van der Waals surface area (Å²) in [5.74, 6) is 1.71. The molecule has 1 atom stereocenters. The van der Waals surface area contributed by atoms with Crippen molar-refractivity contribution >= 4 is 16.9 Å². The van der Waals surface area contributed by atoms with E-state index in [1.165, 1.54) is 6.07 Å². The van der Waals surface area contributed by atoms with Gasteiger partial charge in [-0.25, -0.2) is 9.78 Å². The fourth-order valence-corrected chi connectivity index (χ4v) is 2.99. The Hall–Kier alpha value is -4.06. The zero-order valence-corrected chi connectivity index (χ0v) is 16.9. The predicted octanol–water partition coefficient (Wildman–Crippen LogP) is 5.57. The third-order valence-corrected chi connectivity index (χ3v) is 4.52. The lowest BCUT2D eigenvalue weighted by Gasteiger charge is -2.15. The van der Waals surface area contributed by atoms with Gasteiger partial charge < -0.3 is 19.3 Å². The van der Waals surface area contributed by atoms with E-state index in [1.807, 2.05) is 61.5 Å². The van der Waals surface area contributed by atoms with Gasteiger partial charge in [0.1, 0.15) is 30.0 Å². The van der Waals surface area contributed by atoms with Crippen LogP contribution in [0.4, 0.5) is 0 Å². The molecule has 1 N–H and O–H groups in total. The summed E-state index contributed by atoms with van der Waals surface area (Å²) in [6.07, 6.45) is -0.233. The molecule has 6 nitrogen and oxygen atoms in total. The average molecular weight is 415 g/mol. The number of fused-ring (bicyclic) bond motifs is 1. The Morgan fingerprint density at radius 3 is 2.35 bits per heavy atom. The number of rotatable bonds is 8. The lowest BCUT2D eigenvalue weighted by Crippen LogP contribution is -2.21. The molecular formula is C25H21NO5. The molecule has 0 aliphatic rings. The first kappa shape index (κ1) is 20.2. The number of carboxylic acids is 1. The molecular weight excluding hydrogens is 394 g/mol. The highest BCUT2D eigenvalue weighted by atomic mass is 16.5. The summed E-state index contributed by atoms with van der Waals surface area (Å²) < 4.78 is 17.4. The smallest absolute Gasteiger partial charge is 0.335 e. The molecule has 0 saturated heterocycles. The Kier molecular flexibility index (Phi) is 5.98. The summed E-state index contributed by atoms with van der Waals surface area (Å²) in [5.41, 5.74) is 0.898. The zero-order chi connectivity index (χ0) is 21.6. The third kappa shape index (κ3) is 5.30. The zero-order valence-electron chi connectivity index (χ0n) is 16.9. The van der Waals surface area contributed by atoms with E-state index in [-0.39, 0.29) is 11.7 Å². The number of hydrogen-bond acceptors (Lipinski definition) is 5. The average Bonchev–Trinajstić information content (AvgIpc) is 2.79. The van der Waals surface area contributed by atoms with Crippen LogP contribution in [0, 0.1) is 0 Å². The lowest BCUT2D eigenvalue weighted by atomic mass is 10.1. The minimum absolute atomic E-state index is 0.227. The molecule has 0 spiro atoms. The van der Waals surface area contributed by atoms with Gasteiger partial charge in [0.25, 0.3) is 0 Å². The minimum Gasteiger partial charge on any atom is -0.490 e. The van der Waals surface area contributed by atoms with E-state index in [4.69, 9.17) is 19.3 Å². The summed E-state index contributed by atoms with van der Waals surface area (Å²) in [4.78, 5) is 15.5. The molecule has 3 aromatic carbocycles. The fraction of sp³-hybridized carbons (Fsp3) is 0.120. The Balaban J connectivity index is 1.32. The van der Waals surface area contributed by atoms with E-state index in [0.29, 0.717) is 23.8 Å². The van der Waals surface area contributed by atoms with Gasteiger partial charge in [0, 0.05) is 11.5 Å². The van der Waals surface area contributed by atoms with Crippen LogP contribution in [0.1, 0.15) is 17.3 Å². The molecule has 0 aliphatic carbocycles. The number of hydrogen-bond donors (Lipinski definition) is 1. The van der Waals surface area contributed by atoms with Crippen LogP contribution in [0.15, 0.2) is 84.9 Å². The van der Waals surface area contributed by atoms with E-state index in [2.05, 4.69) is 4.98 Å². The third-order valence-electron chi connectivity index (χ3n) is 4.52. The van der Waals surface area contributed by atoms with Crippen LogP contribution >= 0.6 is 0 Å². The van der Waals surface area contributed by atoms with Crippen molar-refractivity contribution in [3.8, 4) is 23.1 Å². The van der Waals surface area contributed by atoms with Crippen LogP contribution < -0.4 is 14.2 Å². The van der Waals surface area contributed by atoms with Crippen molar-refractivity contribution in [3.63, 3.8) is 0 Å². The first-order chi connectivity index (χ1) is 15.1.